The van der Waals surface area contributed by atoms with Gasteiger partial charge in [0.2, 0.25) is 0 Å². The molecule has 2 heterocycles. The summed E-state index contributed by atoms with van der Waals surface area (Å²) in [5.74, 6) is 0.000857. The number of halogens is 3. The third-order valence-corrected chi connectivity index (χ3v) is 6.98. The Morgan fingerprint density at radius 2 is 1.97 bits per heavy atom. The van der Waals surface area contributed by atoms with E-state index in [2.05, 4.69) is 5.32 Å². The van der Waals surface area contributed by atoms with Crippen LogP contribution < -0.4 is 5.32 Å². The van der Waals surface area contributed by atoms with E-state index in [1.54, 1.807) is 16.9 Å². The van der Waals surface area contributed by atoms with Gasteiger partial charge in [0.05, 0.1) is 33.8 Å². The molecule has 0 aliphatic heterocycles. The lowest BCUT2D eigenvalue weighted by Gasteiger charge is -2.08. The van der Waals surface area contributed by atoms with Crippen LogP contribution in [0.2, 0.25) is 0 Å². The van der Waals surface area contributed by atoms with Crippen LogP contribution in [0, 0.1) is 0 Å². The van der Waals surface area contributed by atoms with Gasteiger partial charge in [-0.1, -0.05) is 30.3 Å². The Labute approximate surface area is 197 Å². The Morgan fingerprint density at radius 3 is 2.71 bits per heavy atom. The summed E-state index contributed by atoms with van der Waals surface area (Å²) in [7, 11) is 0. The molecule has 5 nitrogen and oxygen atoms in total. The van der Waals surface area contributed by atoms with Crippen LogP contribution in [0.5, 0.6) is 0 Å². The van der Waals surface area contributed by atoms with Crippen molar-refractivity contribution in [1.82, 2.24) is 15.1 Å². The quantitative estimate of drug-likeness (QED) is 0.374. The van der Waals surface area contributed by atoms with Gasteiger partial charge in [-0.25, -0.2) is 4.68 Å². The zero-order chi connectivity index (χ0) is 23.9. The van der Waals surface area contributed by atoms with Gasteiger partial charge in [0, 0.05) is 30.0 Å². The molecule has 0 radical (unpaired) electrons. The van der Waals surface area contributed by atoms with Crippen molar-refractivity contribution in [2.45, 2.75) is 31.4 Å². The number of nitrogens with zero attached hydrogens (tertiary/aromatic N) is 2. The van der Waals surface area contributed by atoms with E-state index in [0.717, 1.165) is 45.3 Å². The molecule has 0 saturated heterocycles. The molecule has 1 aliphatic carbocycles. The van der Waals surface area contributed by atoms with E-state index in [1.165, 1.54) is 23.5 Å². The number of alkyl halides is 3. The number of nitrogens with one attached hydrogen (secondary N) is 1. The minimum Gasteiger partial charge on any atom is -0.395 e. The van der Waals surface area contributed by atoms with Crippen LogP contribution in [-0.4, -0.2) is 33.9 Å². The number of benzene rings is 2. The van der Waals surface area contributed by atoms with E-state index in [-0.39, 0.29) is 25.0 Å². The predicted octanol–water partition coefficient (Wildman–Crippen LogP) is 5.30. The smallest absolute Gasteiger partial charge is 0.395 e. The summed E-state index contributed by atoms with van der Waals surface area (Å²) in [5, 5.41) is 17.4. The van der Waals surface area contributed by atoms with Crippen molar-refractivity contribution in [3.8, 4) is 5.69 Å². The highest BCUT2D eigenvalue weighted by molar-refractivity contribution is 7.19. The molecule has 0 spiro atoms. The normalized spacial score (nSPS) is 14.0. The summed E-state index contributed by atoms with van der Waals surface area (Å²) in [4.78, 5) is 13.6. The molecule has 2 N–H and O–H groups in total. The molecule has 2 aromatic heterocycles. The Balaban J connectivity index is 1.49. The number of hydrogen-bond acceptors (Lipinski definition) is 4. The van der Waals surface area contributed by atoms with Crippen LogP contribution in [0.25, 0.3) is 15.8 Å². The van der Waals surface area contributed by atoms with Gasteiger partial charge in [0.25, 0.3) is 5.91 Å². The Morgan fingerprint density at radius 1 is 1.18 bits per heavy atom. The average Bonchev–Trinajstić information content (AvgIpc) is 3.42. The van der Waals surface area contributed by atoms with Crippen molar-refractivity contribution in [1.29, 1.82) is 0 Å². The SMILES string of the molecule is O=C(NCCO)c1cn(-c2cccc3cc(Cc4cccc(C(F)(F)F)c4)sc23)nc1C1CC1. The number of aromatic nitrogens is 2. The molecule has 5 rings (SSSR count). The second kappa shape index (κ2) is 8.88. The van der Waals surface area contributed by atoms with E-state index in [4.69, 9.17) is 10.2 Å². The van der Waals surface area contributed by atoms with Crippen LogP contribution in [-0.2, 0) is 12.6 Å². The van der Waals surface area contributed by atoms with Crippen molar-refractivity contribution in [3.05, 3.63) is 82.0 Å². The fourth-order valence-corrected chi connectivity index (χ4v) is 5.23. The van der Waals surface area contributed by atoms with Gasteiger partial charge in [-0.2, -0.15) is 18.3 Å². The van der Waals surface area contributed by atoms with E-state index in [0.29, 0.717) is 17.5 Å². The first-order valence-electron chi connectivity index (χ1n) is 11.0. The maximum absolute atomic E-state index is 13.1. The number of fused-ring (bicyclic) bond motifs is 1. The number of thiophene rings is 1. The van der Waals surface area contributed by atoms with Gasteiger partial charge in [-0.15, -0.1) is 11.3 Å². The molecule has 1 saturated carbocycles. The molecule has 0 bridgehead atoms. The Bertz CT molecular complexity index is 1360. The third-order valence-electron chi connectivity index (χ3n) is 5.80. The lowest BCUT2D eigenvalue weighted by atomic mass is 10.1. The minimum absolute atomic E-state index is 0.137. The van der Waals surface area contributed by atoms with E-state index in [9.17, 15) is 18.0 Å². The predicted molar refractivity (Wildman–Crippen MR) is 125 cm³/mol. The monoisotopic (exact) mass is 485 g/mol. The van der Waals surface area contributed by atoms with E-state index >= 15 is 0 Å². The minimum atomic E-state index is -4.37. The first-order chi connectivity index (χ1) is 16.3. The molecule has 1 amide bonds. The molecule has 34 heavy (non-hydrogen) atoms. The molecular formula is C25H22F3N3O2S. The molecule has 0 unspecified atom stereocenters. The maximum Gasteiger partial charge on any atom is 0.416 e. The van der Waals surface area contributed by atoms with Crippen LogP contribution in [0.3, 0.4) is 0 Å². The van der Waals surface area contributed by atoms with Crippen molar-refractivity contribution in [3.63, 3.8) is 0 Å². The summed E-state index contributed by atoms with van der Waals surface area (Å²) >= 11 is 1.51. The standard InChI is InChI=1S/C25H22F3N3O2S/c26-25(27,28)18-5-1-3-15(11-18)12-19-13-17-4-2-6-21(23(17)34-19)31-14-20(24(33)29-9-10-32)22(30-31)16-7-8-16/h1-6,11,13-14,16,32H,7-10,12H2,(H,29,33). The molecule has 176 valence electrons. The first kappa shape index (κ1) is 22.6. The zero-order valence-corrected chi connectivity index (χ0v) is 18.9. The largest absolute Gasteiger partial charge is 0.416 e. The van der Waals surface area contributed by atoms with Crippen LogP contribution >= 0.6 is 11.3 Å². The maximum atomic E-state index is 13.1. The van der Waals surface area contributed by atoms with Crippen LogP contribution in [0.4, 0.5) is 13.2 Å². The fraction of sp³-hybridized carbons (Fsp3) is 0.280. The number of rotatable bonds is 7. The summed E-state index contributed by atoms with van der Waals surface area (Å²) < 4.78 is 41.9. The molecular weight excluding hydrogens is 463 g/mol. The van der Waals surface area contributed by atoms with Crippen LogP contribution in [0.15, 0.2) is 54.7 Å². The number of aliphatic hydroxyl groups excluding tert-OH is 1. The molecule has 1 fully saturated rings. The van der Waals surface area contributed by atoms with E-state index in [1.807, 2.05) is 24.3 Å². The molecule has 9 heteroatoms. The average molecular weight is 486 g/mol. The second-order valence-electron chi connectivity index (χ2n) is 8.41. The van der Waals surface area contributed by atoms with Crippen LogP contribution in [0.1, 0.15) is 50.8 Å². The lowest BCUT2D eigenvalue weighted by molar-refractivity contribution is -0.137. The highest BCUT2D eigenvalue weighted by atomic mass is 32.1. The number of aliphatic hydroxyl groups is 1. The van der Waals surface area contributed by atoms with Gasteiger partial charge in [0.15, 0.2) is 0 Å². The fourth-order valence-electron chi connectivity index (χ4n) is 4.04. The first-order valence-corrected chi connectivity index (χ1v) is 11.8. The summed E-state index contributed by atoms with van der Waals surface area (Å²) in [6.07, 6.45) is -0.279. The highest BCUT2D eigenvalue weighted by Crippen LogP contribution is 2.41. The van der Waals surface area contributed by atoms with Gasteiger partial charge in [-0.05, 0) is 42.0 Å². The molecule has 1 aliphatic rings. The lowest BCUT2D eigenvalue weighted by Crippen LogP contribution is -2.26. The molecule has 0 atom stereocenters. The van der Waals surface area contributed by atoms with Gasteiger partial charge < -0.3 is 10.4 Å². The molecule has 2 aromatic carbocycles. The van der Waals surface area contributed by atoms with Crippen molar-refractivity contribution in [2.24, 2.45) is 0 Å². The summed E-state index contributed by atoms with van der Waals surface area (Å²) in [6, 6.07) is 13.2. The summed E-state index contributed by atoms with van der Waals surface area (Å²) in [5.41, 5.74) is 2.03. The number of amides is 1. The Kier molecular flexibility index (Phi) is 5.91. The van der Waals surface area contributed by atoms with Gasteiger partial charge in [0.1, 0.15) is 0 Å². The number of hydrogen-bond donors (Lipinski definition) is 2. The number of carbonyl (C=O) groups excluding carboxylic acids is 1. The van der Waals surface area contributed by atoms with Crippen molar-refractivity contribution >= 4 is 27.3 Å². The van der Waals surface area contributed by atoms with Gasteiger partial charge >= 0.3 is 6.18 Å². The van der Waals surface area contributed by atoms with Crippen molar-refractivity contribution in [2.75, 3.05) is 13.2 Å². The topological polar surface area (TPSA) is 67.2 Å². The Hall–Kier alpha value is -3.17. The van der Waals surface area contributed by atoms with Gasteiger partial charge in [-0.3, -0.25) is 4.79 Å². The van der Waals surface area contributed by atoms with Crippen molar-refractivity contribution < 1.29 is 23.1 Å². The highest BCUT2D eigenvalue weighted by Gasteiger charge is 2.32. The molecule has 4 aromatic rings. The third kappa shape index (κ3) is 4.58. The van der Waals surface area contributed by atoms with E-state index < -0.39 is 11.7 Å². The summed E-state index contributed by atoms with van der Waals surface area (Å²) in [6.45, 7) is 0.0370. The zero-order valence-electron chi connectivity index (χ0n) is 18.1. The second-order valence-corrected chi connectivity index (χ2v) is 9.55. The number of carbonyl (C=O) groups is 1.